The number of rotatable bonds is 8. The third-order valence-corrected chi connectivity index (χ3v) is 4.90. The highest BCUT2D eigenvalue weighted by Gasteiger charge is 2.25. The van der Waals surface area contributed by atoms with Crippen LogP contribution in [0.2, 0.25) is 0 Å². The number of nitrogens with zero attached hydrogens (tertiary/aromatic N) is 3. The van der Waals surface area contributed by atoms with Crippen LogP contribution in [-0.4, -0.2) is 39.8 Å². The number of aromatic nitrogens is 2. The maximum Gasteiger partial charge on any atom is 0.360 e. The minimum atomic E-state index is -1.28. The molecule has 1 aromatic heterocycles. The van der Waals surface area contributed by atoms with Gasteiger partial charge in [0.1, 0.15) is 5.75 Å². The van der Waals surface area contributed by atoms with Crippen molar-refractivity contribution in [2.75, 3.05) is 12.4 Å². The first-order valence-electron chi connectivity index (χ1n) is 10.5. The number of nitro benzene ring substituents is 1. The number of methoxy groups -OCH3 is 1. The van der Waals surface area contributed by atoms with E-state index in [2.05, 4.69) is 10.4 Å². The zero-order chi connectivity index (χ0) is 25.0. The summed E-state index contributed by atoms with van der Waals surface area (Å²) in [5, 5.41) is 18.3. The number of nitro groups is 1. The third-order valence-electron chi connectivity index (χ3n) is 4.90. The molecule has 0 radical (unpaired) electrons. The summed E-state index contributed by atoms with van der Waals surface area (Å²) in [6, 6.07) is 10.2. The van der Waals surface area contributed by atoms with E-state index >= 15 is 0 Å². The molecule has 0 saturated carbocycles. The van der Waals surface area contributed by atoms with Crippen LogP contribution in [0.5, 0.6) is 5.75 Å². The average Bonchev–Trinajstić information content (AvgIpc) is 2.80. The van der Waals surface area contributed by atoms with Gasteiger partial charge in [-0.05, 0) is 25.0 Å². The van der Waals surface area contributed by atoms with Crippen molar-refractivity contribution in [1.29, 1.82) is 0 Å². The standard InChI is InChI=1S/C23H24N4O7/c1-13(2)12-26-22(29)17-8-6-5-7-16(17)20(25-26)23(30)34-14(3)21(28)24-18-11-15(27(31)32)9-10-19(18)33-4/h5-11,13-14H,12H2,1-4H3,(H,24,28). The Kier molecular flexibility index (Phi) is 7.24. The fourth-order valence-electron chi connectivity index (χ4n) is 3.27. The monoisotopic (exact) mass is 468 g/mol. The summed E-state index contributed by atoms with van der Waals surface area (Å²) >= 11 is 0. The van der Waals surface area contributed by atoms with Crippen LogP contribution in [0, 0.1) is 16.0 Å². The molecule has 1 unspecified atom stereocenters. The molecule has 0 aliphatic heterocycles. The summed E-state index contributed by atoms with van der Waals surface area (Å²) in [6.45, 7) is 5.47. The number of non-ortho nitro benzene ring substituents is 1. The minimum Gasteiger partial charge on any atom is -0.495 e. The number of esters is 1. The lowest BCUT2D eigenvalue weighted by Crippen LogP contribution is -2.32. The van der Waals surface area contributed by atoms with Crippen molar-refractivity contribution < 1.29 is 24.0 Å². The second-order valence-electron chi connectivity index (χ2n) is 7.95. The summed E-state index contributed by atoms with van der Waals surface area (Å²) in [4.78, 5) is 48.8. The lowest BCUT2D eigenvalue weighted by Gasteiger charge is -2.16. The molecule has 3 aromatic rings. The minimum absolute atomic E-state index is 0.0543. The molecule has 0 saturated heterocycles. The molecule has 1 atom stereocenters. The molecule has 2 aromatic carbocycles. The highest BCUT2D eigenvalue weighted by Crippen LogP contribution is 2.29. The molecular weight excluding hydrogens is 444 g/mol. The lowest BCUT2D eigenvalue weighted by molar-refractivity contribution is -0.384. The van der Waals surface area contributed by atoms with Gasteiger partial charge in [-0.25, -0.2) is 9.48 Å². The second-order valence-corrected chi connectivity index (χ2v) is 7.95. The predicted molar refractivity (Wildman–Crippen MR) is 124 cm³/mol. The summed E-state index contributed by atoms with van der Waals surface area (Å²) in [5.41, 5.74) is -0.615. The molecule has 0 bridgehead atoms. The quantitative estimate of drug-likeness (QED) is 0.302. The predicted octanol–water partition coefficient (Wildman–Crippen LogP) is 3.15. The molecule has 0 fully saturated rings. The molecule has 1 N–H and O–H groups in total. The molecule has 3 rings (SSSR count). The zero-order valence-electron chi connectivity index (χ0n) is 19.1. The van der Waals surface area contributed by atoms with Crippen LogP contribution in [0.25, 0.3) is 10.8 Å². The van der Waals surface area contributed by atoms with Gasteiger partial charge in [0.05, 0.1) is 23.1 Å². The first-order chi connectivity index (χ1) is 16.1. The largest absolute Gasteiger partial charge is 0.495 e. The maximum absolute atomic E-state index is 12.9. The van der Waals surface area contributed by atoms with Gasteiger partial charge < -0.3 is 14.8 Å². The first kappa shape index (κ1) is 24.4. The van der Waals surface area contributed by atoms with Crippen molar-refractivity contribution >= 4 is 34.0 Å². The molecule has 178 valence electrons. The van der Waals surface area contributed by atoms with E-state index in [4.69, 9.17) is 9.47 Å². The van der Waals surface area contributed by atoms with Gasteiger partial charge in [0.25, 0.3) is 17.2 Å². The smallest absolute Gasteiger partial charge is 0.360 e. The Hall–Kier alpha value is -4.28. The van der Waals surface area contributed by atoms with Gasteiger partial charge in [-0.3, -0.25) is 19.7 Å². The first-order valence-corrected chi connectivity index (χ1v) is 10.5. The highest BCUT2D eigenvalue weighted by atomic mass is 16.6. The number of nitrogens with one attached hydrogen (secondary N) is 1. The number of anilines is 1. The lowest BCUT2D eigenvalue weighted by atomic mass is 10.1. The van der Waals surface area contributed by atoms with Crippen LogP contribution in [0.15, 0.2) is 47.3 Å². The fraction of sp³-hybridized carbons (Fsp3) is 0.304. The van der Waals surface area contributed by atoms with E-state index in [0.29, 0.717) is 17.3 Å². The van der Waals surface area contributed by atoms with Gasteiger partial charge in [-0.1, -0.05) is 32.0 Å². The van der Waals surface area contributed by atoms with Crippen LogP contribution < -0.4 is 15.6 Å². The van der Waals surface area contributed by atoms with E-state index in [0.717, 1.165) is 6.07 Å². The Morgan fingerprint density at radius 3 is 2.44 bits per heavy atom. The van der Waals surface area contributed by atoms with Gasteiger partial charge in [-0.15, -0.1) is 0 Å². The van der Waals surface area contributed by atoms with E-state index in [9.17, 15) is 24.5 Å². The third kappa shape index (κ3) is 5.20. The Morgan fingerprint density at radius 2 is 1.82 bits per heavy atom. The Balaban J connectivity index is 1.87. The Morgan fingerprint density at radius 1 is 1.15 bits per heavy atom. The van der Waals surface area contributed by atoms with Gasteiger partial charge >= 0.3 is 5.97 Å². The summed E-state index contributed by atoms with van der Waals surface area (Å²) in [7, 11) is 1.35. The Labute approximate surface area is 194 Å². The van der Waals surface area contributed by atoms with E-state index in [1.165, 1.54) is 30.8 Å². The number of hydrogen-bond donors (Lipinski definition) is 1. The van der Waals surface area contributed by atoms with Crippen LogP contribution in [0.4, 0.5) is 11.4 Å². The molecule has 11 heteroatoms. The van der Waals surface area contributed by atoms with Crippen molar-refractivity contribution in [3.63, 3.8) is 0 Å². The van der Waals surface area contributed by atoms with Gasteiger partial charge in [-0.2, -0.15) is 5.10 Å². The number of hydrogen-bond acceptors (Lipinski definition) is 8. The van der Waals surface area contributed by atoms with E-state index in [-0.39, 0.29) is 34.3 Å². The van der Waals surface area contributed by atoms with Gasteiger partial charge in [0, 0.05) is 24.1 Å². The van der Waals surface area contributed by atoms with Crippen LogP contribution >= 0.6 is 0 Å². The normalized spacial score (nSPS) is 11.8. The van der Waals surface area contributed by atoms with E-state index in [1.54, 1.807) is 24.3 Å². The number of carbonyl (C=O) groups is 2. The number of ether oxygens (including phenoxy) is 2. The van der Waals surface area contributed by atoms with Crippen molar-refractivity contribution in [2.45, 2.75) is 33.4 Å². The van der Waals surface area contributed by atoms with Gasteiger partial charge in [0.2, 0.25) is 0 Å². The Bertz CT molecular complexity index is 1320. The molecule has 1 amide bonds. The molecular formula is C23H24N4O7. The summed E-state index contributed by atoms with van der Waals surface area (Å²) in [6.07, 6.45) is -1.28. The van der Waals surface area contributed by atoms with E-state index < -0.39 is 22.9 Å². The van der Waals surface area contributed by atoms with Crippen molar-refractivity contribution in [1.82, 2.24) is 9.78 Å². The second kappa shape index (κ2) is 10.1. The molecule has 34 heavy (non-hydrogen) atoms. The molecule has 11 nitrogen and oxygen atoms in total. The summed E-state index contributed by atoms with van der Waals surface area (Å²) in [5.74, 6) is -1.31. The molecule has 0 spiro atoms. The van der Waals surface area contributed by atoms with Crippen molar-refractivity contribution in [3.8, 4) is 5.75 Å². The number of benzene rings is 2. The SMILES string of the molecule is COc1ccc([N+](=O)[O-])cc1NC(=O)C(C)OC(=O)c1nn(CC(C)C)c(=O)c2ccccc12. The maximum atomic E-state index is 12.9. The fourth-order valence-corrected chi connectivity index (χ4v) is 3.27. The van der Waals surface area contributed by atoms with Crippen LogP contribution in [0.3, 0.4) is 0 Å². The molecule has 1 heterocycles. The molecule has 0 aliphatic carbocycles. The summed E-state index contributed by atoms with van der Waals surface area (Å²) < 4.78 is 11.7. The van der Waals surface area contributed by atoms with Crippen molar-refractivity contribution in [2.24, 2.45) is 5.92 Å². The average molecular weight is 468 g/mol. The van der Waals surface area contributed by atoms with E-state index in [1.807, 2.05) is 13.8 Å². The topological polar surface area (TPSA) is 143 Å². The van der Waals surface area contributed by atoms with Gasteiger partial charge in [0.15, 0.2) is 11.8 Å². The van der Waals surface area contributed by atoms with Crippen molar-refractivity contribution in [3.05, 3.63) is 68.6 Å². The highest BCUT2D eigenvalue weighted by molar-refractivity contribution is 6.04. The molecule has 0 aliphatic rings. The number of carbonyl (C=O) groups excluding carboxylic acids is 2. The van der Waals surface area contributed by atoms with Crippen LogP contribution in [0.1, 0.15) is 31.3 Å². The number of fused-ring (bicyclic) bond motifs is 1. The number of amides is 1. The van der Waals surface area contributed by atoms with Crippen LogP contribution in [-0.2, 0) is 16.1 Å². The zero-order valence-corrected chi connectivity index (χ0v) is 19.1.